The number of hydrogen-bond acceptors (Lipinski definition) is 5. The van der Waals surface area contributed by atoms with Crippen LogP contribution >= 0.6 is 11.3 Å². The molecule has 1 aromatic heterocycles. The second-order valence-electron chi connectivity index (χ2n) is 8.19. The fraction of sp³-hybridized carbons (Fsp3) is 0.417. The molecule has 1 aliphatic rings. The van der Waals surface area contributed by atoms with Gasteiger partial charge in [0.15, 0.2) is 4.80 Å². The van der Waals surface area contributed by atoms with E-state index in [0.29, 0.717) is 42.5 Å². The van der Waals surface area contributed by atoms with Gasteiger partial charge in [-0.15, -0.1) is 0 Å². The number of rotatable bonds is 6. The lowest BCUT2D eigenvalue weighted by Gasteiger charge is -2.29. The standard InChI is InChI=1S/C24H29N3O4S2/c1-4-27-22-20(31-5-2)7-6-8-21(22)32-24(27)25-23(28)18-9-11-19(12-10-18)33(29,30)26-15-13-17(3)14-16-26/h6-12,17H,4-5,13-16H2,1-3H3. The summed E-state index contributed by atoms with van der Waals surface area (Å²) >= 11 is 1.43. The zero-order valence-corrected chi connectivity index (χ0v) is 20.8. The molecule has 4 rings (SSSR count). The fourth-order valence-corrected chi connectivity index (χ4v) is 6.62. The van der Waals surface area contributed by atoms with Gasteiger partial charge in [0, 0.05) is 25.2 Å². The van der Waals surface area contributed by atoms with E-state index in [1.807, 2.05) is 36.6 Å². The van der Waals surface area contributed by atoms with Crippen molar-refractivity contribution in [3.05, 3.63) is 52.8 Å². The molecule has 1 fully saturated rings. The summed E-state index contributed by atoms with van der Waals surface area (Å²) in [6.45, 7) is 8.34. The van der Waals surface area contributed by atoms with Crippen molar-refractivity contribution in [2.75, 3.05) is 19.7 Å². The van der Waals surface area contributed by atoms with E-state index in [9.17, 15) is 13.2 Å². The molecule has 1 amide bonds. The van der Waals surface area contributed by atoms with Gasteiger partial charge in [0.25, 0.3) is 5.91 Å². The molecule has 2 heterocycles. The molecule has 3 aromatic rings. The van der Waals surface area contributed by atoms with Crippen LogP contribution in [-0.2, 0) is 16.6 Å². The minimum atomic E-state index is -3.55. The Balaban J connectivity index is 1.63. The van der Waals surface area contributed by atoms with Crippen LogP contribution in [0.15, 0.2) is 52.4 Å². The van der Waals surface area contributed by atoms with Crippen molar-refractivity contribution in [1.29, 1.82) is 0 Å². The number of aromatic nitrogens is 1. The van der Waals surface area contributed by atoms with E-state index in [4.69, 9.17) is 4.74 Å². The molecule has 7 nitrogen and oxygen atoms in total. The summed E-state index contributed by atoms with van der Waals surface area (Å²) in [7, 11) is -3.55. The number of thiazole rings is 1. The zero-order valence-electron chi connectivity index (χ0n) is 19.2. The zero-order chi connectivity index (χ0) is 23.6. The third-order valence-electron chi connectivity index (χ3n) is 5.96. The van der Waals surface area contributed by atoms with Gasteiger partial charge >= 0.3 is 0 Å². The Morgan fingerprint density at radius 3 is 2.45 bits per heavy atom. The SMILES string of the molecule is CCOc1cccc2sc(=NC(=O)c3ccc(S(=O)(=O)N4CCC(C)CC4)cc3)n(CC)c12. The Kier molecular flexibility index (Phi) is 7.02. The maximum atomic E-state index is 12.9. The summed E-state index contributed by atoms with van der Waals surface area (Å²) in [5.41, 5.74) is 1.28. The van der Waals surface area contributed by atoms with Crippen molar-refractivity contribution in [3.8, 4) is 5.75 Å². The Labute approximate surface area is 198 Å². The quantitative estimate of drug-likeness (QED) is 0.520. The number of carbonyl (C=O) groups is 1. The number of benzene rings is 2. The fourth-order valence-electron chi connectivity index (χ4n) is 4.04. The molecule has 9 heteroatoms. The van der Waals surface area contributed by atoms with Crippen LogP contribution in [0.25, 0.3) is 10.2 Å². The van der Waals surface area contributed by atoms with Crippen LogP contribution in [0.2, 0.25) is 0 Å². The van der Waals surface area contributed by atoms with Crippen molar-refractivity contribution in [3.63, 3.8) is 0 Å². The lowest BCUT2D eigenvalue weighted by atomic mass is 10.0. The first-order valence-electron chi connectivity index (χ1n) is 11.3. The molecule has 0 N–H and O–H groups in total. The number of hydrogen-bond donors (Lipinski definition) is 0. The number of aryl methyl sites for hydroxylation is 1. The van der Waals surface area contributed by atoms with Crippen LogP contribution < -0.4 is 9.54 Å². The Bertz CT molecular complexity index is 1320. The van der Waals surface area contributed by atoms with Crippen molar-refractivity contribution in [2.45, 2.75) is 45.1 Å². The van der Waals surface area contributed by atoms with Crippen LogP contribution in [-0.4, -0.2) is 42.9 Å². The molecule has 0 bridgehead atoms. The summed E-state index contributed by atoms with van der Waals surface area (Å²) in [5.74, 6) is 0.906. The van der Waals surface area contributed by atoms with Gasteiger partial charge in [-0.3, -0.25) is 4.79 Å². The molecule has 176 valence electrons. The van der Waals surface area contributed by atoms with Crippen molar-refractivity contribution in [2.24, 2.45) is 10.9 Å². The van der Waals surface area contributed by atoms with Gasteiger partial charge in [-0.25, -0.2) is 8.42 Å². The van der Waals surface area contributed by atoms with Gasteiger partial charge in [-0.1, -0.05) is 24.3 Å². The molecule has 0 radical (unpaired) electrons. The van der Waals surface area contributed by atoms with Gasteiger partial charge in [-0.05, 0) is 69.0 Å². The first-order chi connectivity index (χ1) is 15.8. The largest absolute Gasteiger partial charge is 0.492 e. The van der Waals surface area contributed by atoms with E-state index in [1.54, 1.807) is 12.1 Å². The van der Waals surface area contributed by atoms with E-state index in [0.717, 1.165) is 28.8 Å². The van der Waals surface area contributed by atoms with Gasteiger partial charge < -0.3 is 9.30 Å². The highest BCUT2D eigenvalue weighted by atomic mass is 32.2. The number of fused-ring (bicyclic) bond motifs is 1. The predicted molar refractivity (Wildman–Crippen MR) is 130 cm³/mol. The maximum Gasteiger partial charge on any atom is 0.279 e. The van der Waals surface area contributed by atoms with E-state index in [-0.39, 0.29) is 4.90 Å². The normalized spacial score (nSPS) is 16.4. The lowest BCUT2D eigenvalue weighted by Crippen LogP contribution is -2.37. The van der Waals surface area contributed by atoms with E-state index in [2.05, 4.69) is 11.9 Å². The van der Waals surface area contributed by atoms with E-state index >= 15 is 0 Å². The van der Waals surface area contributed by atoms with E-state index < -0.39 is 15.9 Å². The molecule has 0 spiro atoms. The highest BCUT2D eigenvalue weighted by Crippen LogP contribution is 2.28. The van der Waals surface area contributed by atoms with Crippen molar-refractivity contribution in [1.82, 2.24) is 8.87 Å². The second-order valence-corrected chi connectivity index (χ2v) is 11.1. The monoisotopic (exact) mass is 487 g/mol. The van der Waals surface area contributed by atoms with Crippen molar-refractivity contribution < 1.29 is 17.9 Å². The predicted octanol–water partition coefficient (Wildman–Crippen LogP) is 4.28. The topological polar surface area (TPSA) is 81.0 Å². The summed E-state index contributed by atoms with van der Waals surface area (Å²) < 4.78 is 36.1. The minimum absolute atomic E-state index is 0.209. The van der Waals surface area contributed by atoms with Crippen molar-refractivity contribution >= 4 is 37.5 Å². The van der Waals surface area contributed by atoms with Crippen LogP contribution in [0.3, 0.4) is 0 Å². The maximum absolute atomic E-state index is 12.9. The molecule has 1 saturated heterocycles. The van der Waals surface area contributed by atoms with Gasteiger partial charge in [0.05, 0.1) is 16.2 Å². The highest BCUT2D eigenvalue weighted by Gasteiger charge is 2.28. The average Bonchev–Trinajstić information content (AvgIpc) is 3.17. The smallest absolute Gasteiger partial charge is 0.279 e. The molecular formula is C24H29N3O4S2. The minimum Gasteiger partial charge on any atom is -0.492 e. The number of ether oxygens (including phenoxy) is 1. The van der Waals surface area contributed by atoms with Crippen LogP contribution in [0, 0.1) is 5.92 Å². The molecule has 0 saturated carbocycles. The molecule has 0 aliphatic carbocycles. The molecule has 0 unspecified atom stereocenters. The van der Waals surface area contributed by atoms with Crippen LogP contribution in [0.1, 0.15) is 44.0 Å². The summed E-state index contributed by atoms with van der Waals surface area (Å²) in [6.07, 6.45) is 1.73. The third-order valence-corrected chi connectivity index (χ3v) is 8.92. The summed E-state index contributed by atoms with van der Waals surface area (Å²) in [6, 6.07) is 11.9. The molecule has 0 atom stereocenters. The Morgan fingerprint density at radius 2 is 1.82 bits per heavy atom. The van der Waals surface area contributed by atoms with Crippen LogP contribution in [0.5, 0.6) is 5.75 Å². The number of amides is 1. The second kappa shape index (κ2) is 9.79. The van der Waals surface area contributed by atoms with Crippen LogP contribution in [0.4, 0.5) is 0 Å². The van der Waals surface area contributed by atoms with Gasteiger partial charge in [-0.2, -0.15) is 9.30 Å². The van der Waals surface area contributed by atoms with Gasteiger partial charge in [0.1, 0.15) is 11.3 Å². The number of carbonyl (C=O) groups excluding carboxylic acids is 1. The highest BCUT2D eigenvalue weighted by molar-refractivity contribution is 7.89. The molecule has 1 aliphatic heterocycles. The Morgan fingerprint density at radius 1 is 1.12 bits per heavy atom. The number of piperidine rings is 1. The Hall–Kier alpha value is -2.49. The lowest BCUT2D eigenvalue weighted by molar-refractivity contribution is 0.0997. The first-order valence-corrected chi connectivity index (χ1v) is 13.5. The first kappa shape index (κ1) is 23.7. The third kappa shape index (κ3) is 4.76. The number of nitrogens with zero attached hydrogens (tertiary/aromatic N) is 3. The molecule has 2 aromatic carbocycles. The van der Waals surface area contributed by atoms with Gasteiger partial charge in [0.2, 0.25) is 10.0 Å². The number of sulfonamides is 1. The number of para-hydroxylation sites is 1. The van der Waals surface area contributed by atoms with E-state index in [1.165, 1.54) is 27.8 Å². The summed E-state index contributed by atoms with van der Waals surface area (Å²) in [5, 5.41) is 0. The summed E-state index contributed by atoms with van der Waals surface area (Å²) in [4.78, 5) is 18.1. The molecule has 33 heavy (non-hydrogen) atoms. The average molecular weight is 488 g/mol. The molecular weight excluding hydrogens is 458 g/mol.